The van der Waals surface area contributed by atoms with Gasteiger partial charge in [0.2, 0.25) is 11.9 Å². The summed E-state index contributed by atoms with van der Waals surface area (Å²) in [5, 5.41) is 2.90. The molecular weight excluding hydrogens is 316 g/mol. The molecule has 2 aromatic rings. The molecule has 6 nitrogen and oxygen atoms in total. The summed E-state index contributed by atoms with van der Waals surface area (Å²) in [4.78, 5) is 17.1. The summed E-state index contributed by atoms with van der Waals surface area (Å²) in [5.74, 6) is 0.295. The number of benzene rings is 1. The van der Waals surface area contributed by atoms with Crippen LogP contribution in [0.3, 0.4) is 0 Å². The van der Waals surface area contributed by atoms with Crippen LogP contribution in [-0.4, -0.2) is 33.7 Å². The van der Waals surface area contributed by atoms with E-state index in [1.165, 1.54) is 0 Å². The van der Waals surface area contributed by atoms with E-state index in [4.69, 9.17) is 10.5 Å². The molecule has 0 aliphatic heterocycles. The molecule has 1 aromatic carbocycles. The maximum atomic E-state index is 12.8. The van der Waals surface area contributed by atoms with Crippen molar-refractivity contribution in [2.45, 2.75) is 45.4 Å². The van der Waals surface area contributed by atoms with Gasteiger partial charge in [0, 0.05) is 30.8 Å². The van der Waals surface area contributed by atoms with Gasteiger partial charge in [0.25, 0.3) is 0 Å². The molecule has 0 spiro atoms. The highest BCUT2D eigenvalue weighted by atomic mass is 16.5. The summed E-state index contributed by atoms with van der Waals surface area (Å²) >= 11 is 0. The topological polar surface area (TPSA) is 82.2 Å². The Hall–Kier alpha value is -2.18. The van der Waals surface area contributed by atoms with Gasteiger partial charge in [-0.2, -0.15) is 0 Å². The van der Waals surface area contributed by atoms with Gasteiger partial charge in [0.1, 0.15) is 5.54 Å². The zero-order valence-corrected chi connectivity index (χ0v) is 15.0. The van der Waals surface area contributed by atoms with Gasteiger partial charge in [0.05, 0.1) is 12.6 Å². The smallest absolute Gasteiger partial charge is 0.247 e. The van der Waals surface area contributed by atoms with E-state index in [1.54, 1.807) is 6.20 Å². The Kier molecular flexibility index (Phi) is 4.67. The van der Waals surface area contributed by atoms with Crippen molar-refractivity contribution in [3.63, 3.8) is 0 Å². The molecule has 1 saturated carbocycles. The zero-order chi connectivity index (χ0) is 18.1. The Labute approximate surface area is 148 Å². The fourth-order valence-electron chi connectivity index (χ4n) is 3.37. The van der Waals surface area contributed by atoms with Crippen molar-refractivity contribution in [3.05, 3.63) is 48.3 Å². The number of carbonyl (C=O) groups excluding carboxylic acids is 1. The van der Waals surface area contributed by atoms with Gasteiger partial charge in [-0.1, -0.05) is 44.2 Å². The summed E-state index contributed by atoms with van der Waals surface area (Å²) in [6.45, 7) is 7.17. The van der Waals surface area contributed by atoms with E-state index in [1.807, 2.05) is 61.9 Å². The highest BCUT2D eigenvalue weighted by molar-refractivity contribution is 5.98. The van der Waals surface area contributed by atoms with Crippen LogP contribution < -0.4 is 11.1 Å². The predicted molar refractivity (Wildman–Crippen MR) is 97.1 cm³/mol. The van der Waals surface area contributed by atoms with Crippen LogP contribution in [0.1, 0.15) is 32.8 Å². The highest BCUT2D eigenvalue weighted by Gasteiger charge is 2.63. The van der Waals surface area contributed by atoms with E-state index < -0.39 is 11.0 Å². The minimum Gasteiger partial charge on any atom is -0.378 e. The molecule has 3 rings (SSSR count). The number of nitrogens with two attached hydrogens (primary N) is 1. The molecule has 0 bridgehead atoms. The van der Waals surface area contributed by atoms with Crippen LogP contribution in [0.25, 0.3) is 0 Å². The lowest BCUT2D eigenvalue weighted by molar-refractivity contribution is -0.166. The molecule has 1 amide bonds. The maximum absolute atomic E-state index is 12.8. The summed E-state index contributed by atoms with van der Waals surface area (Å²) < 4.78 is 7.60. The van der Waals surface area contributed by atoms with E-state index in [-0.39, 0.29) is 12.0 Å². The van der Waals surface area contributed by atoms with Gasteiger partial charge < -0.3 is 15.0 Å². The standard InChI is InChI=1S/C19H26N4O2/c1-4-25-15-12-19(20,18(15,2)3)16(24)22-17-21-10-11-23(17)13-14-8-6-5-7-9-14/h5-11,15H,4,12-13,20H2,1-3H3,(H,21,22,24). The van der Waals surface area contributed by atoms with E-state index in [0.717, 1.165) is 5.56 Å². The van der Waals surface area contributed by atoms with E-state index in [9.17, 15) is 4.79 Å². The van der Waals surface area contributed by atoms with Crippen LogP contribution in [0, 0.1) is 5.41 Å². The fourth-order valence-corrected chi connectivity index (χ4v) is 3.37. The van der Waals surface area contributed by atoms with Crippen molar-refractivity contribution < 1.29 is 9.53 Å². The van der Waals surface area contributed by atoms with Crippen molar-refractivity contribution in [3.8, 4) is 0 Å². The molecule has 1 aliphatic rings. The number of ether oxygens (including phenoxy) is 1. The molecule has 2 unspecified atom stereocenters. The number of anilines is 1. The highest BCUT2D eigenvalue weighted by Crippen LogP contribution is 2.50. The number of rotatable bonds is 6. The van der Waals surface area contributed by atoms with Gasteiger partial charge >= 0.3 is 0 Å². The first-order valence-corrected chi connectivity index (χ1v) is 8.65. The summed E-state index contributed by atoms with van der Waals surface area (Å²) in [7, 11) is 0. The molecule has 25 heavy (non-hydrogen) atoms. The minimum atomic E-state index is -0.962. The minimum absolute atomic E-state index is 0.00249. The lowest BCUT2D eigenvalue weighted by atomic mass is 9.54. The van der Waals surface area contributed by atoms with Crippen molar-refractivity contribution in [1.29, 1.82) is 0 Å². The Balaban J connectivity index is 1.71. The molecule has 6 heteroatoms. The molecule has 1 fully saturated rings. The van der Waals surface area contributed by atoms with E-state index in [0.29, 0.717) is 25.5 Å². The Bertz CT molecular complexity index is 741. The molecule has 3 N–H and O–H groups in total. The van der Waals surface area contributed by atoms with Crippen LogP contribution in [0.4, 0.5) is 5.95 Å². The van der Waals surface area contributed by atoms with E-state index >= 15 is 0 Å². The van der Waals surface area contributed by atoms with Crippen LogP contribution in [0.2, 0.25) is 0 Å². The first-order valence-electron chi connectivity index (χ1n) is 8.65. The molecular formula is C19H26N4O2. The van der Waals surface area contributed by atoms with Crippen molar-refractivity contribution in [1.82, 2.24) is 9.55 Å². The van der Waals surface area contributed by atoms with Crippen LogP contribution >= 0.6 is 0 Å². The first-order chi connectivity index (χ1) is 11.9. The second-order valence-corrected chi connectivity index (χ2v) is 7.16. The molecule has 134 valence electrons. The number of hydrogen-bond acceptors (Lipinski definition) is 4. The number of carbonyl (C=O) groups is 1. The normalized spacial score (nSPS) is 24.6. The Morgan fingerprint density at radius 1 is 1.40 bits per heavy atom. The number of nitrogens with zero attached hydrogens (tertiary/aromatic N) is 2. The first kappa shape index (κ1) is 17.6. The second-order valence-electron chi connectivity index (χ2n) is 7.16. The summed E-state index contributed by atoms with van der Waals surface area (Å²) in [5.41, 5.74) is 6.18. The number of aromatic nitrogens is 2. The summed E-state index contributed by atoms with van der Waals surface area (Å²) in [6, 6.07) is 10.0. The molecule has 1 aliphatic carbocycles. The average Bonchev–Trinajstić information content (AvgIpc) is 3.02. The fraction of sp³-hybridized carbons (Fsp3) is 0.474. The monoisotopic (exact) mass is 342 g/mol. The van der Waals surface area contributed by atoms with Crippen molar-refractivity contribution in [2.75, 3.05) is 11.9 Å². The third kappa shape index (κ3) is 3.07. The Morgan fingerprint density at radius 3 is 2.76 bits per heavy atom. The lowest BCUT2D eigenvalue weighted by Crippen LogP contribution is -2.74. The number of hydrogen-bond donors (Lipinski definition) is 2. The average molecular weight is 342 g/mol. The number of nitrogens with one attached hydrogen (secondary N) is 1. The van der Waals surface area contributed by atoms with Gasteiger partial charge in [-0.25, -0.2) is 4.98 Å². The number of amides is 1. The van der Waals surface area contributed by atoms with Crippen LogP contribution in [-0.2, 0) is 16.1 Å². The molecule has 1 heterocycles. The third-order valence-electron chi connectivity index (χ3n) is 5.37. The van der Waals surface area contributed by atoms with Gasteiger partial charge in [-0.15, -0.1) is 0 Å². The third-order valence-corrected chi connectivity index (χ3v) is 5.37. The molecule has 1 aromatic heterocycles. The number of imidazole rings is 1. The quantitative estimate of drug-likeness (QED) is 0.844. The predicted octanol–water partition coefficient (Wildman–Crippen LogP) is 2.40. The van der Waals surface area contributed by atoms with Crippen molar-refractivity contribution >= 4 is 11.9 Å². The maximum Gasteiger partial charge on any atom is 0.247 e. The SMILES string of the molecule is CCOC1CC(N)(C(=O)Nc2nccn2Cc2ccccc2)C1(C)C. The second kappa shape index (κ2) is 6.61. The molecule has 2 atom stereocenters. The van der Waals surface area contributed by atoms with E-state index in [2.05, 4.69) is 10.3 Å². The van der Waals surface area contributed by atoms with Crippen LogP contribution in [0.15, 0.2) is 42.7 Å². The van der Waals surface area contributed by atoms with Gasteiger partial charge in [-0.3, -0.25) is 10.1 Å². The van der Waals surface area contributed by atoms with Gasteiger partial charge in [-0.05, 0) is 12.5 Å². The van der Waals surface area contributed by atoms with Crippen molar-refractivity contribution in [2.24, 2.45) is 11.1 Å². The van der Waals surface area contributed by atoms with Gasteiger partial charge in [0.15, 0.2) is 0 Å². The molecule has 0 saturated heterocycles. The largest absolute Gasteiger partial charge is 0.378 e. The lowest BCUT2D eigenvalue weighted by Gasteiger charge is -2.57. The summed E-state index contributed by atoms with van der Waals surface area (Å²) in [6.07, 6.45) is 4.04. The molecule has 0 radical (unpaired) electrons. The zero-order valence-electron chi connectivity index (χ0n) is 15.0. The Morgan fingerprint density at radius 2 is 2.12 bits per heavy atom. The van der Waals surface area contributed by atoms with Crippen LogP contribution in [0.5, 0.6) is 0 Å².